The number of hydrogen-bond acceptors (Lipinski definition) is 4. The molecular weight excluding hydrogens is 401 g/mol. The van der Waals surface area contributed by atoms with E-state index in [4.69, 9.17) is 4.74 Å². The van der Waals surface area contributed by atoms with Crippen molar-refractivity contribution in [2.45, 2.75) is 29.8 Å². The van der Waals surface area contributed by atoms with Gasteiger partial charge in [-0.05, 0) is 0 Å². The van der Waals surface area contributed by atoms with E-state index in [2.05, 4.69) is 15.6 Å². The molecule has 2 heterocycles. The van der Waals surface area contributed by atoms with Gasteiger partial charge in [-0.1, -0.05) is 0 Å². The molecule has 4 rings (SSSR count). The van der Waals surface area contributed by atoms with E-state index in [0.29, 0.717) is 0 Å². The zero-order chi connectivity index (χ0) is 18.6. The first kappa shape index (κ1) is 18.5. The number of carbonyl (C=O) groups is 1. The summed E-state index contributed by atoms with van der Waals surface area (Å²) >= 11 is -0.0753. The van der Waals surface area contributed by atoms with Crippen molar-refractivity contribution in [1.29, 1.82) is 0 Å². The maximum atomic E-state index is 13.0. The second kappa shape index (κ2) is 8.45. The summed E-state index contributed by atoms with van der Waals surface area (Å²) in [5, 5.41) is 1.01. The minimum atomic E-state index is -0.0753. The summed E-state index contributed by atoms with van der Waals surface area (Å²) in [6.45, 7) is 3.68. The Hall–Kier alpha value is -1.84. The first-order chi connectivity index (χ1) is 13.2. The Kier molecular flexibility index (Phi) is 5.80. The van der Waals surface area contributed by atoms with Crippen LogP contribution in [-0.4, -0.2) is 68.7 Å². The van der Waals surface area contributed by atoms with Crippen LogP contribution in [0.1, 0.15) is 28.8 Å². The van der Waals surface area contributed by atoms with Gasteiger partial charge in [0.2, 0.25) is 0 Å². The molecule has 1 saturated carbocycles. The average molecular weight is 427 g/mol. The van der Waals surface area contributed by atoms with Crippen LogP contribution in [-0.2, 0) is 5.21 Å². The van der Waals surface area contributed by atoms with Crippen LogP contribution >= 0.6 is 0 Å². The number of piperazine rings is 1. The van der Waals surface area contributed by atoms with Crippen LogP contribution in [0, 0.1) is 0 Å². The van der Waals surface area contributed by atoms with Gasteiger partial charge < -0.3 is 0 Å². The third-order valence-electron chi connectivity index (χ3n) is 5.20. The van der Waals surface area contributed by atoms with Gasteiger partial charge in [0.1, 0.15) is 0 Å². The fourth-order valence-corrected chi connectivity index (χ4v) is 4.97. The molecule has 1 aliphatic carbocycles. The third-order valence-corrected chi connectivity index (χ3v) is 6.74. The van der Waals surface area contributed by atoms with Crippen molar-refractivity contribution in [3.05, 3.63) is 53.9 Å². The van der Waals surface area contributed by atoms with Crippen LogP contribution in [0.4, 0.5) is 0 Å². The molecule has 6 heteroatoms. The normalized spacial score (nSPS) is 18.2. The standard InChI is InChI=1S/C21H26AsN3O2/c1-22-14-17-13-16(4-7-20(17)27-19-3-2-8-23-15-19)21(26)25-11-9-24(10-12-25)18-5-6-18/h2-4,7-8,13,15,18,22H,5-6,9-12,14H2,1H3. The summed E-state index contributed by atoms with van der Waals surface area (Å²) in [5.41, 5.74) is 4.17. The van der Waals surface area contributed by atoms with Gasteiger partial charge in [-0.25, -0.2) is 0 Å². The molecule has 1 aliphatic heterocycles. The van der Waals surface area contributed by atoms with Gasteiger partial charge in [0.15, 0.2) is 0 Å². The number of rotatable bonds is 6. The van der Waals surface area contributed by atoms with Crippen molar-refractivity contribution in [2.75, 3.05) is 26.2 Å². The van der Waals surface area contributed by atoms with E-state index >= 15 is 0 Å². The quantitative estimate of drug-likeness (QED) is 0.666. The Morgan fingerprint density at radius 2 is 2.04 bits per heavy atom. The van der Waals surface area contributed by atoms with Crippen LogP contribution in [0.3, 0.4) is 0 Å². The Morgan fingerprint density at radius 1 is 1.22 bits per heavy atom. The predicted molar refractivity (Wildman–Crippen MR) is 108 cm³/mol. The van der Waals surface area contributed by atoms with E-state index in [1.54, 1.807) is 12.4 Å². The number of nitrogens with zero attached hydrogens (tertiary/aromatic N) is 3. The molecule has 0 N–H and O–H groups in total. The second-order valence-corrected chi connectivity index (χ2v) is 9.43. The Bertz CT molecular complexity index is 787. The Morgan fingerprint density at radius 3 is 2.70 bits per heavy atom. The summed E-state index contributed by atoms with van der Waals surface area (Å²) in [6.07, 6.45) is 6.10. The predicted octanol–water partition coefficient (Wildman–Crippen LogP) is 2.78. The average Bonchev–Trinajstić information content (AvgIpc) is 3.55. The van der Waals surface area contributed by atoms with Gasteiger partial charge in [0.25, 0.3) is 0 Å². The van der Waals surface area contributed by atoms with E-state index in [9.17, 15) is 4.79 Å². The monoisotopic (exact) mass is 427 g/mol. The number of hydrogen-bond donors (Lipinski definition) is 0. The molecule has 1 aromatic heterocycles. The molecule has 2 aliphatic rings. The van der Waals surface area contributed by atoms with Gasteiger partial charge in [-0.3, -0.25) is 0 Å². The van der Waals surface area contributed by atoms with Crippen molar-refractivity contribution < 1.29 is 9.53 Å². The number of benzene rings is 1. The van der Waals surface area contributed by atoms with Crippen molar-refractivity contribution in [2.24, 2.45) is 0 Å². The van der Waals surface area contributed by atoms with Crippen molar-refractivity contribution >= 4 is 21.7 Å². The fourth-order valence-electron chi connectivity index (χ4n) is 3.59. The van der Waals surface area contributed by atoms with Crippen molar-refractivity contribution in [3.63, 3.8) is 0 Å². The Labute approximate surface area is 167 Å². The molecule has 0 radical (unpaired) electrons. The van der Waals surface area contributed by atoms with Crippen LogP contribution in [0.15, 0.2) is 42.7 Å². The molecule has 0 bridgehead atoms. The SMILES string of the molecule is C[AsH]Cc1cc(C(=O)N2CCN(C3CC3)CC2)ccc1Oc1cccnc1. The molecule has 27 heavy (non-hydrogen) atoms. The summed E-state index contributed by atoms with van der Waals surface area (Å²) in [5.74, 6) is 1.71. The molecule has 1 saturated heterocycles. The molecule has 1 amide bonds. The van der Waals surface area contributed by atoms with Gasteiger partial charge in [0, 0.05) is 0 Å². The van der Waals surface area contributed by atoms with E-state index in [0.717, 1.165) is 60.1 Å². The van der Waals surface area contributed by atoms with E-state index < -0.39 is 0 Å². The molecule has 1 atom stereocenters. The molecule has 2 aromatic rings. The number of ether oxygens (including phenoxy) is 1. The van der Waals surface area contributed by atoms with Gasteiger partial charge in [0.05, 0.1) is 0 Å². The Balaban J connectivity index is 1.47. The molecule has 142 valence electrons. The first-order valence-electron chi connectivity index (χ1n) is 9.63. The van der Waals surface area contributed by atoms with Crippen LogP contribution < -0.4 is 4.74 Å². The molecule has 1 unspecified atom stereocenters. The number of aromatic nitrogens is 1. The molecule has 1 aromatic carbocycles. The summed E-state index contributed by atoms with van der Waals surface area (Å²) in [4.78, 5) is 21.6. The third kappa shape index (κ3) is 4.53. The molecular formula is C21H26AsN3O2. The maximum absolute atomic E-state index is 13.0. The number of carbonyl (C=O) groups excluding carboxylic acids is 1. The first-order valence-corrected chi connectivity index (χ1v) is 13.2. The minimum absolute atomic E-state index is 0.0753. The molecule has 5 nitrogen and oxygen atoms in total. The number of amides is 1. The van der Waals surface area contributed by atoms with Crippen LogP contribution in [0.5, 0.6) is 11.5 Å². The van der Waals surface area contributed by atoms with Crippen LogP contribution in [0.2, 0.25) is 5.71 Å². The summed E-state index contributed by atoms with van der Waals surface area (Å²) in [6, 6.07) is 10.4. The zero-order valence-electron chi connectivity index (χ0n) is 15.7. The zero-order valence-corrected chi connectivity index (χ0v) is 17.8. The summed E-state index contributed by atoms with van der Waals surface area (Å²) < 4.78 is 6.02. The van der Waals surface area contributed by atoms with Gasteiger partial charge >= 0.3 is 167 Å². The van der Waals surface area contributed by atoms with E-state index in [-0.39, 0.29) is 21.7 Å². The van der Waals surface area contributed by atoms with E-state index in [1.165, 1.54) is 12.8 Å². The van der Waals surface area contributed by atoms with Crippen LogP contribution in [0.25, 0.3) is 0 Å². The summed E-state index contributed by atoms with van der Waals surface area (Å²) in [7, 11) is 0. The number of pyridine rings is 1. The molecule has 0 spiro atoms. The molecule has 2 fully saturated rings. The van der Waals surface area contributed by atoms with Crippen molar-refractivity contribution in [3.8, 4) is 11.5 Å². The van der Waals surface area contributed by atoms with Crippen molar-refractivity contribution in [1.82, 2.24) is 14.8 Å². The van der Waals surface area contributed by atoms with E-state index in [1.807, 2.05) is 35.2 Å². The van der Waals surface area contributed by atoms with Gasteiger partial charge in [-0.15, -0.1) is 0 Å². The second-order valence-electron chi connectivity index (χ2n) is 7.20. The topological polar surface area (TPSA) is 45.7 Å². The fraction of sp³-hybridized carbons (Fsp3) is 0.429. The van der Waals surface area contributed by atoms with Gasteiger partial charge in [-0.2, -0.15) is 0 Å².